The van der Waals surface area contributed by atoms with Gasteiger partial charge in [-0.2, -0.15) is 0 Å². The lowest BCUT2D eigenvalue weighted by molar-refractivity contribution is 0.585. The van der Waals surface area contributed by atoms with Gasteiger partial charge in [0, 0.05) is 23.5 Å². The van der Waals surface area contributed by atoms with Gasteiger partial charge in [-0.1, -0.05) is 18.2 Å². The van der Waals surface area contributed by atoms with Crippen LogP contribution in [0.1, 0.15) is 5.69 Å². The standard InChI is InChI=1S/C17H12N4O/c1-11-9-14(13-6-2-3-7-15(13)19-11)17-21-20-16(22-17)12-5-4-8-18-10-12/h2-10H,1H3. The van der Waals surface area contributed by atoms with Crippen molar-refractivity contribution in [3.8, 4) is 22.9 Å². The van der Waals surface area contributed by atoms with E-state index in [-0.39, 0.29) is 0 Å². The van der Waals surface area contributed by atoms with Crippen LogP contribution in [0.5, 0.6) is 0 Å². The highest BCUT2D eigenvalue weighted by Crippen LogP contribution is 2.29. The highest BCUT2D eigenvalue weighted by Gasteiger charge is 2.14. The second-order valence-electron chi connectivity index (χ2n) is 4.98. The Morgan fingerprint density at radius 2 is 1.82 bits per heavy atom. The molecular weight excluding hydrogens is 276 g/mol. The number of hydrogen-bond acceptors (Lipinski definition) is 5. The largest absolute Gasteiger partial charge is 0.416 e. The maximum absolute atomic E-state index is 5.83. The van der Waals surface area contributed by atoms with Crippen LogP contribution < -0.4 is 0 Å². The zero-order chi connectivity index (χ0) is 14.9. The summed E-state index contributed by atoms with van der Waals surface area (Å²) in [6, 6.07) is 13.6. The van der Waals surface area contributed by atoms with Gasteiger partial charge >= 0.3 is 0 Å². The average Bonchev–Trinajstić information content (AvgIpc) is 3.05. The molecule has 0 N–H and O–H groups in total. The number of rotatable bonds is 2. The lowest BCUT2D eigenvalue weighted by atomic mass is 10.1. The van der Waals surface area contributed by atoms with Crippen molar-refractivity contribution in [3.05, 3.63) is 60.6 Å². The Labute approximate surface area is 126 Å². The average molecular weight is 288 g/mol. The first-order valence-electron chi connectivity index (χ1n) is 6.92. The van der Waals surface area contributed by atoms with E-state index >= 15 is 0 Å². The fourth-order valence-corrected chi connectivity index (χ4v) is 2.42. The highest BCUT2D eigenvalue weighted by atomic mass is 16.4. The van der Waals surface area contributed by atoms with Crippen LogP contribution in [0.25, 0.3) is 33.8 Å². The number of aromatic nitrogens is 4. The van der Waals surface area contributed by atoms with Gasteiger partial charge in [0.2, 0.25) is 11.8 Å². The molecule has 4 aromatic rings. The number of nitrogens with zero attached hydrogens (tertiary/aromatic N) is 4. The smallest absolute Gasteiger partial charge is 0.249 e. The van der Waals surface area contributed by atoms with Crippen molar-refractivity contribution < 1.29 is 4.42 Å². The van der Waals surface area contributed by atoms with E-state index in [1.807, 2.05) is 49.4 Å². The third kappa shape index (κ3) is 2.13. The highest BCUT2D eigenvalue weighted by molar-refractivity contribution is 5.92. The summed E-state index contributed by atoms with van der Waals surface area (Å²) in [6.07, 6.45) is 3.41. The minimum Gasteiger partial charge on any atom is -0.416 e. The molecule has 3 aromatic heterocycles. The normalized spacial score (nSPS) is 11.0. The molecular formula is C17H12N4O. The maximum Gasteiger partial charge on any atom is 0.249 e. The predicted molar refractivity (Wildman–Crippen MR) is 83.0 cm³/mol. The molecule has 4 rings (SSSR count). The Balaban J connectivity index is 1.88. The van der Waals surface area contributed by atoms with Gasteiger partial charge < -0.3 is 4.42 Å². The van der Waals surface area contributed by atoms with E-state index in [0.717, 1.165) is 27.7 Å². The monoisotopic (exact) mass is 288 g/mol. The number of fused-ring (bicyclic) bond motifs is 1. The van der Waals surface area contributed by atoms with E-state index in [9.17, 15) is 0 Å². The lowest BCUT2D eigenvalue weighted by Gasteiger charge is -2.03. The van der Waals surface area contributed by atoms with Gasteiger partial charge in [-0.25, -0.2) is 0 Å². The topological polar surface area (TPSA) is 64.7 Å². The Morgan fingerprint density at radius 3 is 2.68 bits per heavy atom. The summed E-state index contributed by atoms with van der Waals surface area (Å²) in [5, 5.41) is 9.30. The molecule has 1 aromatic carbocycles. The quantitative estimate of drug-likeness (QED) is 0.563. The molecule has 0 saturated carbocycles. The molecule has 0 unspecified atom stereocenters. The molecule has 106 valence electrons. The Hall–Kier alpha value is -3.08. The van der Waals surface area contributed by atoms with Crippen molar-refractivity contribution in [3.63, 3.8) is 0 Å². The minimum atomic E-state index is 0.460. The third-order valence-corrected chi connectivity index (χ3v) is 3.41. The van der Waals surface area contributed by atoms with Crippen molar-refractivity contribution in [1.82, 2.24) is 20.2 Å². The van der Waals surface area contributed by atoms with Gasteiger partial charge in [-0.05, 0) is 31.2 Å². The van der Waals surface area contributed by atoms with Gasteiger partial charge in [-0.15, -0.1) is 10.2 Å². The van der Waals surface area contributed by atoms with Gasteiger partial charge in [0.1, 0.15) is 0 Å². The van der Waals surface area contributed by atoms with Gasteiger partial charge in [-0.3, -0.25) is 9.97 Å². The van der Waals surface area contributed by atoms with Gasteiger partial charge in [0.15, 0.2) is 0 Å². The van der Waals surface area contributed by atoms with E-state index < -0.39 is 0 Å². The molecule has 0 aliphatic heterocycles. The number of benzene rings is 1. The summed E-state index contributed by atoms with van der Waals surface area (Å²) in [5.41, 5.74) is 3.52. The van der Waals surface area contributed by atoms with E-state index in [4.69, 9.17) is 4.42 Å². The molecule has 0 atom stereocenters. The summed E-state index contributed by atoms with van der Waals surface area (Å²) < 4.78 is 5.83. The van der Waals surface area contributed by atoms with Crippen LogP contribution in [-0.2, 0) is 0 Å². The molecule has 0 saturated heterocycles. The van der Waals surface area contributed by atoms with Crippen molar-refractivity contribution in [2.75, 3.05) is 0 Å². The molecule has 0 aliphatic rings. The summed E-state index contributed by atoms with van der Waals surface area (Å²) >= 11 is 0. The summed E-state index contributed by atoms with van der Waals surface area (Å²) in [7, 11) is 0. The lowest BCUT2D eigenvalue weighted by Crippen LogP contribution is -1.88. The maximum atomic E-state index is 5.83. The van der Waals surface area contributed by atoms with Crippen LogP contribution in [0.3, 0.4) is 0 Å². The zero-order valence-electron chi connectivity index (χ0n) is 11.9. The summed E-state index contributed by atoms with van der Waals surface area (Å²) in [5.74, 6) is 0.946. The van der Waals surface area contributed by atoms with Gasteiger partial charge in [0.25, 0.3) is 0 Å². The van der Waals surface area contributed by atoms with Gasteiger partial charge in [0.05, 0.1) is 16.6 Å². The first-order chi connectivity index (χ1) is 10.8. The van der Waals surface area contributed by atoms with E-state index in [1.54, 1.807) is 12.4 Å². The number of para-hydroxylation sites is 1. The molecule has 0 spiro atoms. The second-order valence-corrected chi connectivity index (χ2v) is 4.98. The fourth-order valence-electron chi connectivity index (χ4n) is 2.42. The van der Waals surface area contributed by atoms with Crippen molar-refractivity contribution in [2.45, 2.75) is 6.92 Å². The van der Waals surface area contributed by atoms with E-state index in [1.165, 1.54) is 0 Å². The zero-order valence-corrected chi connectivity index (χ0v) is 11.9. The van der Waals surface area contributed by atoms with Crippen LogP contribution in [0.15, 0.2) is 59.3 Å². The third-order valence-electron chi connectivity index (χ3n) is 3.41. The van der Waals surface area contributed by atoms with E-state index in [2.05, 4.69) is 20.2 Å². The van der Waals surface area contributed by atoms with Crippen molar-refractivity contribution in [2.24, 2.45) is 0 Å². The molecule has 5 nitrogen and oxygen atoms in total. The second kappa shape index (κ2) is 5.04. The first-order valence-corrected chi connectivity index (χ1v) is 6.92. The van der Waals surface area contributed by atoms with Crippen LogP contribution in [0, 0.1) is 6.92 Å². The Bertz CT molecular complexity index is 947. The van der Waals surface area contributed by atoms with Crippen molar-refractivity contribution in [1.29, 1.82) is 0 Å². The van der Waals surface area contributed by atoms with Crippen LogP contribution in [0.4, 0.5) is 0 Å². The molecule has 0 amide bonds. The molecule has 3 heterocycles. The summed E-state index contributed by atoms with van der Waals surface area (Å²) in [6.45, 7) is 1.95. The SMILES string of the molecule is Cc1cc(-c2nnc(-c3cccnc3)o2)c2ccccc2n1. The number of hydrogen-bond donors (Lipinski definition) is 0. The number of aryl methyl sites for hydroxylation is 1. The molecule has 5 heteroatoms. The Morgan fingerprint density at radius 1 is 0.955 bits per heavy atom. The van der Waals surface area contributed by atoms with E-state index in [0.29, 0.717) is 11.8 Å². The summed E-state index contributed by atoms with van der Waals surface area (Å²) in [4.78, 5) is 8.60. The molecule has 0 aliphatic carbocycles. The number of pyridine rings is 2. The first kappa shape index (κ1) is 12.6. The van der Waals surface area contributed by atoms with Crippen molar-refractivity contribution >= 4 is 10.9 Å². The molecule has 0 radical (unpaired) electrons. The fraction of sp³-hybridized carbons (Fsp3) is 0.0588. The minimum absolute atomic E-state index is 0.460. The predicted octanol–water partition coefficient (Wildman–Crippen LogP) is 3.66. The van der Waals surface area contributed by atoms with Crippen LogP contribution in [0.2, 0.25) is 0 Å². The van der Waals surface area contributed by atoms with Crippen LogP contribution in [-0.4, -0.2) is 20.2 Å². The molecule has 22 heavy (non-hydrogen) atoms. The van der Waals surface area contributed by atoms with Crippen LogP contribution >= 0.6 is 0 Å². The molecule has 0 fully saturated rings. The Kier molecular flexibility index (Phi) is 2.89. The molecule has 0 bridgehead atoms.